The van der Waals surface area contributed by atoms with Crippen molar-refractivity contribution in [3.8, 4) is 28.7 Å². The lowest BCUT2D eigenvalue weighted by molar-refractivity contribution is -0.116. The van der Waals surface area contributed by atoms with E-state index in [2.05, 4.69) is 15.5 Å². The number of sulfone groups is 1. The first kappa shape index (κ1) is 24.1. The number of carbonyl (C=O) groups excluding carboxylic acids is 1. The van der Waals surface area contributed by atoms with E-state index in [0.717, 1.165) is 5.56 Å². The number of rotatable bonds is 10. The molecule has 0 unspecified atom stereocenters. The SMILES string of the molecule is COc1cc(-c2nnc(NC(=O)CCCS(=O)(=O)c3ccc(C)cc3)o2)cc(OC)c1OC. The summed E-state index contributed by atoms with van der Waals surface area (Å²) in [5, 5.41) is 10.2. The van der Waals surface area contributed by atoms with E-state index < -0.39 is 15.7 Å². The van der Waals surface area contributed by atoms with Gasteiger partial charge in [0.15, 0.2) is 21.3 Å². The Morgan fingerprint density at radius 2 is 1.64 bits per heavy atom. The van der Waals surface area contributed by atoms with Gasteiger partial charge < -0.3 is 18.6 Å². The normalized spacial score (nSPS) is 11.2. The number of ether oxygens (including phenoxy) is 3. The van der Waals surface area contributed by atoms with Crippen molar-refractivity contribution in [3.63, 3.8) is 0 Å². The molecular weight excluding hydrogens is 450 g/mol. The molecule has 0 saturated carbocycles. The first-order valence-electron chi connectivity index (χ1n) is 10.0. The Kier molecular flexibility index (Phi) is 7.54. The lowest BCUT2D eigenvalue weighted by Gasteiger charge is -2.12. The van der Waals surface area contributed by atoms with Crippen LogP contribution in [0.1, 0.15) is 18.4 Å². The van der Waals surface area contributed by atoms with Gasteiger partial charge >= 0.3 is 6.01 Å². The maximum Gasteiger partial charge on any atom is 0.322 e. The van der Waals surface area contributed by atoms with Crippen molar-refractivity contribution in [1.82, 2.24) is 10.2 Å². The predicted molar refractivity (Wildman–Crippen MR) is 120 cm³/mol. The van der Waals surface area contributed by atoms with E-state index in [9.17, 15) is 13.2 Å². The van der Waals surface area contributed by atoms with Crippen LogP contribution in [0, 0.1) is 6.92 Å². The van der Waals surface area contributed by atoms with Crippen LogP contribution in [0.15, 0.2) is 45.7 Å². The van der Waals surface area contributed by atoms with Gasteiger partial charge in [0.2, 0.25) is 17.5 Å². The zero-order valence-corrected chi connectivity index (χ0v) is 19.6. The number of aromatic nitrogens is 2. The highest BCUT2D eigenvalue weighted by Crippen LogP contribution is 2.41. The lowest BCUT2D eigenvalue weighted by Crippen LogP contribution is -2.14. The number of nitrogens with one attached hydrogen (secondary N) is 1. The van der Waals surface area contributed by atoms with Crippen molar-refractivity contribution in [2.45, 2.75) is 24.7 Å². The Bertz CT molecular complexity index is 1200. The summed E-state index contributed by atoms with van der Waals surface area (Å²) in [5.41, 5.74) is 1.47. The molecule has 1 N–H and O–H groups in total. The highest BCUT2D eigenvalue weighted by Gasteiger charge is 2.19. The van der Waals surface area contributed by atoms with Crippen molar-refractivity contribution in [1.29, 1.82) is 0 Å². The lowest BCUT2D eigenvalue weighted by atomic mass is 10.2. The second-order valence-electron chi connectivity index (χ2n) is 7.11. The summed E-state index contributed by atoms with van der Waals surface area (Å²) in [7, 11) is 1.00. The fourth-order valence-corrected chi connectivity index (χ4v) is 4.37. The van der Waals surface area contributed by atoms with Crippen LogP contribution in [0.2, 0.25) is 0 Å². The summed E-state index contributed by atoms with van der Waals surface area (Å²) >= 11 is 0. The number of hydrogen-bond donors (Lipinski definition) is 1. The van der Waals surface area contributed by atoms with Gasteiger partial charge in [-0.25, -0.2) is 8.42 Å². The van der Waals surface area contributed by atoms with Gasteiger partial charge in [0.25, 0.3) is 0 Å². The molecule has 0 fully saturated rings. The first-order valence-corrected chi connectivity index (χ1v) is 11.7. The second-order valence-corrected chi connectivity index (χ2v) is 9.22. The van der Waals surface area contributed by atoms with Gasteiger partial charge in [0, 0.05) is 12.0 Å². The minimum Gasteiger partial charge on any atom is -0.493 e. The average Bonchev–Trinajstić information content (AvgIpc) is 3.26. The van der Waals surface area contributed by atoms with Crippen LogP contribution in [-0.2, 0) is 14.6 Å². The van der Waals surface area contributed by atoms with Gasteiger partial charge in [0.1, 0.15) is 0 Å². The van der Waals surface area contributed by atoms with Gasteiger partial charge in [-0.2, -0.15) is 0 Å². The minimum absolute atomic E-state index is 0.0208. The highest BCUT2D eigenvalue weighted by molar-refractivity contribution is 7.91. The molecule has 0 radical (unpaired) electrons. The Morgan fingerprint density at radius 3 is 2.21 bits per heavy atom. The van der Waals surface area contributed by atoms with E-state index in [1.807, 2.05) is 6.92 Å². The minimum atomic E-state index is -3.46. The molecule has 3 aromatic rings. The van der Waals surface area contributed by atoms with E-state index in [-0.39, 0.29) is 35.4 Å². The van der Waals surface area contributed by atoms with Gasteiger partial charge in [0.05, 0.1) is 32.0 Å². The number of benzene rings is 2. The Morgan fingerprint density at radius 1 is 1.00 bits per heavy atom. The second kappa shape index (κ2) is 10.3. The molecule has 2 aromatic carbocycles. The quantitative estimate of drug-likeness (QED) is 0.469. The van der Waals surface area contributed by atoms with E-state index in [1.54, 1.807) is 36.4 Å². The number of amides is 1. The van der Waals surface area contributed by atoms with Crippen LogP contribution in [-0.4, -0.2) is 51.6 Å². The van der Waals surface area contributed by atoms with Crippen molar-refractivity contribution in [2.75, 3.05) is 32.4 Å². The van der Waals surface area contributed by atoms with E-state index in [1.165, 1.54) is 21.3 Å². The molecule has 0 saturated heterocycles. The number of carbonyl (C=O) groups is 1. The van der Waals surface area contributed by atoms with Crippen molar-refractivity contribution in [3.05, 3.63) is 42.0 Å². The third-order valence-electron chi connectivity index (χ3n) is 4.78. The summed E-state index contributed by atoms with van der Waals surface area (Å²) in [6.45, 7) is 1.88. The largest absolute Gasteiger partial charge is 0.493 e. The monoisotopic (exact) mass is 475 g/mol. The van der Waals surface area contributed by atoms with Gasteiger partial charge in [-0.05, 0) is 37.6 Å². The molecule has 3 rings (SSSR count). The molecule has 0 aliphatic carbocycles. The zero-order chi connectivity index (χ0) is 24.0. The molecule has 176 valence electrons. The smallest absolute Gasteiger partial charge is 0.322 e. The van der Waals surface area contributed by atoms with Crippen molar-refractivity contribution in [2.24, 2.45) is 0 Å². The summed E-state index contributed by atoms with van der Waals surface area (Å²) in [4.78, 5) is 12.5. The molecule has 1 heterocycles. The van der Waals surface area contributed by atoms with Crippen LogP contribution in [0.4, 0.5) is 6.01 Å². The fourth-order valence-electron chi connectivity index (χ4n) is 3.06. The molecular formula is C22H25N3O7S. The Labute approximate surface area is 191 Å². The third-order valence-corrected chi connectivity index (χ3v) is 6.60. The maximum atomic E-state index is 12.4. The molecule has 33 heavy (non-hydrogen) atoms. The molecule has 0 spiro atoms. The van der Waals surface area contributed by atoms with Crippen LogP contribution in [0.3, 0.4) is 0 Å². The fraction of sp³-hybridized carbons (Fsp3) is 0.318. The molecule has 0 bridgehead atoms. The van der Waals surface area contributed by atoms with Crippen LogP contribution >= 0.6 is 0 Å². The van der Waals surface area contributed by atoms with Crippen molar-refractivity contribution >= 4 is 21.8 Å². The van der Waals surface area contributed by atoms with Crippen LogP contribution in [0.5, 0.6) is 17.2 Å². The number of nitrogens with zero attached hydrogens (tertiary/aromatic N) is 2. The molecule has 0 atom stereocenters. The third kappa shape index (κ3) is 5.80. The van der Waals surface area contributed by atoms with Crippen LogP contribution < -0.4 is 19.5 Å². The summed E-state index contributed by atoms with van der Waals surface area (Å²) in [6.07, 6.45) is 0.128. The number of hydrogen-bond acceptors (Lipinski definition) is 9. The number of methoxy groups -OCH3 is 3. The predicted octanol–water partition coefficient (Wildman–Crippen LogP) is 3.26. The van der Waals surface area contributed by atoms with Gasteiger partial charge in [-0.15, -0.1) is 5.10 Å². The maximum absolute atomic E-state index is 12.4. The van der Waals surface area contributed by atoms with E-state index >= 15 is 0 Å². The van der Waals surface area contributed by atoms with Gasteiger partial charge in [-0.1, -0.05) is 22.8 Å². The standard InChI is InChI=1S/C22H25N3O7S/c1-14-7-9-16(10-8-14)33(27,28)11-5-6-19(26)23-22-25-24-21(32-22)15-12-17(29-2)20(31-4)18(13-15)30-3/h7-10,12-13H,5-6,11H2,1-4H3,(H,23,25,26). The summed E-state index contributed by atoms with van der Waals surface area (Å²) in [6, 6.07) is 9.76. The number of aryl methyl sites for hydroxylation is 1. The zero-order valence-electron chi connectivity index (χ0n) is 18.7. The first-order chi connectivity index (χ1) is 15.8. The van der Waals surface area contributed by atoms with Crippen LogP contribution in [0.25, 0.3) is 11.5 Å². The van der Waals surface area contributed by atoms with E-state index in [4.69, 9.17) is 18.6 Å². The Balaban J connectivity index is 1.61. The molecule has 0 aliphatic heterocycles. The molecule has 0 aliphatic rings. The Hall–Kier alpha value is -3.60. The molecule has 10 nitrogen and oxygen atoms in total. The topological polar surface area (TPSA) is 130 Å². The van der Waals surface area contributed by atoms with Gasteiger partial charge in [-0.3, -0.25) is 10.1 Å². The summed E-state index contributed by atoms with van der Waals surface area (Å²) in [5.74, 6) is 0.776. The number of anilines is 1. The van der Waals surface area contributed by atoms with Crippen molar-refractivity contribution < 1.29 is 31.8 Å². The average molecular weight is 476 g/mol. The molecule has 11 heteroatoms. The summed E-state index contributed by atoms with van der Waals surface area (Å²) < 4.78 is 46.2. The highest BCUT2D eigenvalue weighted by atomic mass is 32.2. The molecule has 1 amide bonds. The molecule has 1 aromatic heterocycles. The van der Waals surface area contributed by atoms with E-state index in [0.29, 0.717) is 22.8 Å².